The quantitative estimate of drug-likeness (QED) is 0.388. The second kappa shape index (κ2) is 7.42. The van der Waals surface area contributed by atoms with Gasteiger partial charge >= 0.3 is 0 Å². The summed E-state index contributed by atoms with van der Waals surface area (Å²) in [6, 6.07) is 6.82. The fourth-order valence-corrected chi connectivity index (χ4v) is 3.05. The SMILES string of the molecule is [C-]#[N+]c1c(C#C)c(N=Nc2nc(Cl)cs2)c(=O)n(-c2ccc(C)cc2)c1O. The summed E-state index contributed by atoms with van der Waals surface area (Å²) in [6.07, 6.45) is 5.46. The molecule has 0 radical (unpaired) electrons. The van der Waals surface area contributed by atoms with E-state index in [1.807, 2.05) is 6.92 Å². The molecule has 27 heavy (non-hydrogen) atoms. The number of hydrogen-bond acceptors (Lipinski definition) is 6. The number of nitrogens with zero attached hydrogens (tertiary/aromatic N) is 5. The maximum Gasteiger partial charge on any atom is 0.284 e. The van der Waals surface area contributed by atoms with Crippen molar-refractivity contribution in [2.45, 2.75) is 6.92 Å². The molecule has 0 aliphatic rings. The number of rotatable bonds is 3. The molecule has 0 atom stereocenters. The second-order valence-electron chi connectivity index (χ2n) is 5.28. The lowest BCUT2D eigenvalue weighted by Crippen LogP contribution is -2.19. The van der Waals surface area contributed by atoms with Crippen LogP contribution in [0, 0.1) is 25.8 Å². The smallest absolute Gasteiger partial charge is 0.284 e. The van der Waals surface area contributed by atoms with Crippen molar-refractivity contribution < 1.29 is 5.11 Å². The molecular weight excluding hydrogens is 386 g/mol. The minimum atomic E-state index is -0.705. The number of azo groups is 1. The highest BCUT2D eigenvalue weighted by Crippen LogP contribution is 2.36. The van der Waals surface area contributed by atoms with E-state index in [9.17, 15) is 9.90 Å². The fraction of sp³-hybridized carbons (Fsp3) is 0.0556. The van der Waals surface area contributed by atoms with Gasteiger partial charge in [0.25, 0.3) is 11.2 Å². The number of aromatic nitrogens is 2. The lowest BCUT2D eigenvalue weighted by Gasteiger charge is -2.13. The number of aryl methyl sites for hydroxylation is 1. The highest BCUT2D eigenvalue weighted by molar-refractivity contribution is 7.13. The van der Waals surface area contributed by atoms with Crippen molar-refractivity contribution in [2.75, 3.05) is 0 Å². The second-order valence-corrected chi connectivity index (χ2v) is 6.50. The summed E-state index contributed by atoms with van der Waals surface area (Å²) in [4.78, 5) is 20.1. The maximum atomic E-state index is 13.0. The Hall–Kier alpha value is -3.46. The predicted octanol–water partition coefficient (Wildman–Crippen LogP) is 4.91. The van der Waals surface area contributed by atoms with Crippen LogP contribution in [0.2, 0.25) is 5.15 Å². The third-order valence-electron chi connectivity index (χ3n) is 3.55. The molecule has 0 fully saturated rings. The summed E-state index contributed by atoms with van der Waals surface area (Å²) in [7, 11) is 0. The lowest BCUT2D eigenvalue weighted by molar-refractivity contribution is 0.439. The Morgan fingerprint density at radius 2 is 2.07 bits per heavy atom. The minimum absolute atomic E-state index is 0.137. The molecule has 0 amide bonds. The molecule has 2 heterocycles. The van der Waals surface area contributed by atoms with Gasteiger partial charge in [-0.25, -0.2) is 9.83 Å². The molecule has 3 rings (SSSR count). The van der Waals surface area contributed by atoms with Gasteiger partial charge in [-0.3, -0.25) is 9.36 Å². The Morgan fingerprint density at radius 1 is 1.37 bits per heavy atom. The zero-order valence-corrected chi connectivity index (χ0v) is 15.4. The van der Waals surface area contributed by atoms with Gasteiger partial charge in [-0.1, -0.05) is 35.2 Å². The fourth-order valence-electron chi connectivity index (χ4n) is 2.29. The first-order valence-electron chi connectivity index (χ1n) is 7.42. The Morgan fingerprint density at radius 3 is 2.63 bits per heavy atom. The van der Waals surface area contributed by atoms with Crippen molar-refractivity contribution in [1.29, 1.82) is 0 Å². The van der Waals surface area contributed by atoms with Gasteiger partial charge in [0, 0.05) is 5.38 Å². The van der Waals surface area contributed by atoms with Gasteiger partial charge < -0.3 is 5.11 Å². The van der Waals surface area contributed by atoms with Crippen molar-refractivity contribution in [3.05, 3.63) is 67.7 Å². The molecule has 0 saturated carbocycles. The Bertz CT molecular complexity index is 1200. The lowest BCUT2D eigenvalue weighted by atomic mass is 10.1. The van der Waals surface area contributed by atoms with Gasteiger partial charge in [0.15, 0.2) is 5.69 Å². The van der Waals surface area contributed by atoms with Crippen LogP contribution in [0.15, 0.2) is 44.7 Å². The van der Waals surface area contributed by atoms with Crippen LogP contribution in [0.3, 0.4) is 0 Å². The number of hydrogen-bond donors (Lipinski definition) is 1. The Kier molecular flexibility index (Phi) is 5.04. The molecule has 0 spiro atoms. The zero-order valence-electron chi connectivity index (χ0n) is 13.8. The van der Waals surface area contributed by atoms with E-state index < -0.39 is 11.4 Å². The third kappa shape index (κ3) is 3.44. The van der Waals surface area contributed by atoms with Crippen molar-refractivity contribution >= 4 is 39.4 Å². The molecule has 0 aliphatic carbocycles. The van der Waals surface area contributed by atoms with E-state index in [1.54, 1.807) is 29.6 Å². The number of thiazole rings is 1. The minimum Gasteiger partial charge on any atom is -0.502 e. The van der Waals surface area contributed by atoms with Crippen molar-refractivity contribution in [2.24, 2.45) is 10.2 Å². The Balaban J connectivity index is 2.29. The molecule has 3 aromatic rings. The van der Waals surface area contributed by atoms with Crippen LogP contribution in [-0.2, 0) is 0 Å². The van der Waals surface area contributed by atoms with Crippen LogP contribution < -0.4 is 5.56 Å². The number of terminal acetylenes is 1. The van der Waals surface area contributed by atoms with E-state index in [2.05, 4.69) is 26.0 Å². The van der Waals surface area contributed by atoms with E-state index in [0.717, 1.165) is 21.5 Å². The van der Waals surface area contributed by atoms with Crippen LogP contribution in [-0.4, -0.2) is 14.7 Å². The molecule has 9 heteroatoms. The first kappa shape index (κ1) is 18.3. The summed E-state index contributed by atoms with van der Waals surface area (Å²) in [5.74, 6) is 1.69. The van der Waals surface area contributed by atoms with E-state index in [0.29, 0.717) is 5.69 Å². The first-order valence-corrected chi connectivity index (χ1v) is 8.68. The number of halogens is 1. The third-order valence-corrected chi connectivity index (χ3v) is 4.60. The number of aromatic hydroxyl groups is 1. The largest absolute Gasteiger partial charge is 0.502 e. The molecule has 132 valence electrons. The van der Waals surface area contributed by atoms with Crippen molar-refractivity contribution in [3.63, 3.8) is 0 Å². The van der Waals surface area contributed by atoms with Gasteiger partial charge in [-0.15, -0.1) is 28.0 Å². The van der Waals surface area contributed by atoms with Crippen LogP contribution in [0.1, 0.15) is 11.1 Å². The summed E-state index contributed by atoms with van der Waals surface area (Å²) in [5.41, 5.74) is -0.00910. The van der Waals surface area contributed by atoms with E-state index in [1.165, 1.54) is 0 Å². The summed E-state index contributed by atoms with van der Waals surface area (Å²) >= 11 is 6.87. The maximum absolute atomic E-state index is 13.0. The molecule has 0 saturated heterocycles. The molecule has 0 bridgehead atoms. The predicted molar refractivity (Wildman–Crippen MR) is 104 cm³/mol. The molecule has 0 aliphatic heterocycles. The normalized spacial score (nSPS) is 10.7. The van der Waals surface area contributed by atoms with Crippen LogP contribution in [0.5, 0.6) is 5.88 Å². The van der Waals surface area contributed by atoms with Gasteiger partial charge in [0.05, 0.1) is 17.8 Å². The highest BCUT2D eigenvalue weighted by Gasteiger charge is 2.22. The standard InChI is InChI=1S/C18H10ClN5O2S/c1-4-12-14(20-3)16(25)24(11-7-5-10(2)6-8-11)17(26)15(12)22-23-18-21-13(19)9-27-18/h1,5-9,25H,2H3. The Labute approximate surface area is 163 Å². The summed E-state index contributed by atoms with van der Waals surface area (Å²) in [5, 5.41) is 20.3. The molecule has 2 aromatic heterocycles. The first-order chi connectivity index (χ1) is 13.0. The van der Waals surface area contributed by atoms with Gasteiger partial charge in [0.2, 0.25) is 11.0 Å². The zero-order chi connectivity index (χ0) is 19.6. The summed E-state index contributed by atoms with van der Waals surface area (Å²) in [6.45, 7) is 9.23. The van der Waals surface area contributed by atoms with E-state index >= 15 is 0 Å². The molecule has 0 unspecified atom stereocenters. The average Bonchev–Trinajstić information content (AvgIpc) is 3.07. The van der Waals surface area contributed by atoms with Crippen LogP contribution in [0.25, 0.3) is 10.5 Å². The monoisotopic (exact) mass is 395 g/mol. The number of pyridine rings is 1. The number of benzene rings is 1. The van der Waals surface area contributed by atoms with Crippen LogP contribution >= 0.6 is 22.9 Å². The van der Waals surface area contributed by atoms with E-state index in [-0.39, 0.29) is 27.2 Å². The molecule has 1 aromatic carbocycles. The van der Waals surface area contributed by atoms with Gasteiger partial charge in [0.1, 0.15) is 5.15 Å². The van der Waals surface area contributed by atoms with Crippen molar-refractivity contribution in [3.8, 4) is 23.9 Å². The van der Waals surface area contributed by atoms with Gasteiger partial charge in [-0.05, 0) is 19.1 Å². The summed E-state index contributed by atoms with van der Waals surface area (Å²) < 4.78 is 0.969. The molecular formula is C18H10ClN5O2S. The van der Waals surface area contributed by atoms with Crippen molar-refractivity contribution in [1.82, 2.24) is 9.55 Å². The van der Waals surface area contributed by atoms with Crippen LogP contribution in [0.4, 0.5) is 16.5 Å². The van der Waals surface area contributed by atoms with Gasteiger partial charge in [-0.2, -0.15) is 0 Å². The molecule has 7 nitrogen and oxygen atoms in total. The topological polar surface area (TPSA) is 84.2 Å². The van der Waals surface area contributed by atoms with E-state index in [4.69, 9.17) is 24.6 Å². The average molecular weight is 396 g/mol. The highest BCUT2D eigenvalue weighted by atomic mass is 35.5. The molecule has 1 N–H and O–H groups in total.